The summed E-state index contributed by atoms with van der Waals surface area (Å²) in [5.74, 6) is -8.38. The number of amides is 1. The van der Waals surface area contributed by atoms with Gasteiger partial charge in [0.15, 0.2) is 5.82 Å². The molecule has 0 spiro atoms. The molecule has 1 unspecified atom stereocenters. The summed E-state index contributed by atoms with van der Waals surface area (Å²) in [6.45, 7) is 8.76. The first-order valence-corrected chi connectivity index (χ1v) is 15.6. The molecule has 3 rings (SSSR count). The molecule has 0 aliphatic heterocycles. The Morgan fingerprint density at radius 3 is 1.98 bits per heavy atom. The van der Waals surface area contributed by atoms with Crippen molar-refractivity contribution in [3.63, 3.8) is 0 Å². The fourth-order valence-corrected chi connectivity index (χ4v) is 3.90. The number of aliphatic carboxylic acids is 2. The summed E-state index contributed by atoms with van der Waals surface area (Å²) >= 11 is 0. The van der Waals surface area contributed by atoms with Crippen LogP contribution in [0.2, 0.25) is 0 Å². The highest BCUT2D eigenvalue weighted by atomic mass is 19.4. The number of anilines is 2. The minimum absolute atomic E-state index is 0.0334. The van der Waals surface area contributed by atoms with E-state index >= 15 is 0 Å². The standard InChI is InChI=1S/C28H38N8O3.C3H4F2O2.C2HF3O2/c1-16(2)12-34-27(38)21-9-20(10-22(29)11-21)23-14-33-26(35-17(3)4)28(39)36(23)15-24(37)32-13-18-5-7-19(8-6-18)25(30)31;1-3(4,5)2(6)7;3-2(4,5)1(6)7/h5-11,14,16-17,27,34,38H,12-13,15,29H2,1-4H3,(H3,30,31)(H,32,37)(H,33,35);1H3,(H,6,7);(H,6,7). The first-order chi connectivity index (χ1) is 24.3. The molecular formula is C33H43F5N8O7. The maximum Gasteiger partial charge on any atom is 0.490 e. The van der Waals surface area contributed by atoms with E-state index in [-0.39, 0.29) is 36.7 Å². The van der Waals surface area contributed by atoms with Crippen LogP contribution in [0.5, 0.6) is 0 Å². The number of nitrogen functional groups attached to an aromatic ring is 2. The van der Waals surface area contributed by atoms with Crippen molar-refractivity contribution in [2.45, 2.75) is 72.1 Å². The third kappa shape index (κ3) is 16.1. The van der Waals surface area contributed by atoms with Crippen molar-refractivity contribution >= 4 is 35.2 Å². The molecule has 20 heteroatoms. The van der Waals surface area contributed by atoms with E-state index in [1.807, 2.05) is 27.7 Å². The van der Waals surface area contributed by atoms with Crippen LogP contribution in [0.25, 0.3) is 11.3 Å². The van der Waals surface area contributed by atoms with Crippen molar-refractivity contribution < 1.29 is 51.7 Å². The average Bonchev–Trinajstić information content (AvgIpc) is 3.04. The Hall–Kier alpha value is -5.63. The zero-order valence-electron chi connectivity index (χ0n) is 29.4. The van der Waals surface area contributed by atoms with Crippen LogP contribution in [0.15, 0.2) is 53.5 Å². The third-order valence-corrected chi connectivity index (χ3v) is 6.46. The molecular weight excluding hydrogens is 715 g/mol. The number of benzene rings is 2. The zero-order valence-corrected chi connectivity index (χ0v) is 29.4. The summed E-state index contributed by atoms with van der Waals surface area (Å²) in [7, 11) is 0. The van der Waals surface area contributed by atoms with Crippen LogP contribution in [0.4, 0.5) is 33.5 Å². The lowest BCUT2D eigenvalue weighted by Crippen LogP contribution is -2.35. The van der Waals surface area contributed by atoms with Gasteiger partial charge in [0.05, 0.1) is 11.9 Å². The number of hydrogen-bond donors (Lipinski definition) is 9. The molecule has 0 saturated heterocycles. The molecule has 11 N–H and O–H groups in total. The number of nitrogens with two attached hydrogens (primary N) is 2. The van der Waals surface area contributed by atoms with Gasteiger partial charge in [-0.05, 0) is 49.1 Å². The molecule has 1 aromatic heterocycles. The smallest absolute Gasteiger partial charge is 0.477 e. The predicted octanol–water partition coefficient (Wildman–Crippen LogP) is 3.51. The van der Waals surface area contributed by atoms with Crippen LogP contribution in [0, 0.1) is 11.3 Å². The number of halogens is 5. The number of aliphatic hydroxyl groups excluding tert-OH is 1. The molecule has 15 nitrogen and oxygen atoms in total. The summed E-state index contributed by atoms with van der Waals surface area (Å²) in [6.07, 6.45) is -4.52. The number of nitrogens with zero attached hydrogens (tertiary/aromatic N) is 2. The number of carbonyl (C=O) groups excluding carboxylic acids is 1. The van der Waals surface area contributed by atoms with E-state index in [1.54, 1.807) is 42.5 Å². The van der Waals surface area contributed by atoms with Crippen LogP contribution < -0.4 is 33.0 Å². The molecule has 1 atom stereocenters. The van der Waals surface area contributed by atoms with Crippen molar-refractivity contribution in [3.8, 4) is 11.3 Å². The van der Waals surface area contributed by atoms with Gasteiger partial charge in [0.25, 0.3) is 5.56 Å². The number of rotatable bonds is 13. The molecule has 292 valence electrons. The van der Waals surface area contributed by atoms with Crippen LogP contribution >= 0.6 is 0 Å². The second-order valence-corrected chi connectivity index (χ2v) is 12.2. The highest BCUT2D eigenvalue weighted by molar-refractivity contribution is 5.94. The fraction of sp³-hybridized carbons (Fsp3) is 0.394. The Bertz CT molecular complexity index is 1750. The summed E-state index contributed by atoms with van der Waals surface area (Å²) in [5.41, 5.74) is 14.5. The molecule has 0 saturated carbocycles. The van der Waals surface area contributed by atoms with Gasteiger partial charge in [0.2, 0.25) is 5.91 Å². The molecule has 3 aromatic rings. The zero-order chi connectivity index (χ0) is 40.8. The molecule has 1 amide bonds. The third-order valence-electron chi connectivity index (χ3n) is 6.46. The van der Waals surface area contributed by atoms with Gasteiger partial charge >= 0.3 is 24.0 Å². The van der Waals surface area contributed by atoms with Gasteiger partial charge in [-0.25, -0.2) is 14.6 Å². The number of amidine groups is 1. The Balaban J connectivity index is 0.000000845. The van der Waals surface area contributed by atoms with E-state index in [9.17, 15) is 41.4 Å². The van der Waals surface area contributed by atoms with Gasteiger partial charge < -0.3 is 37.4 Å². The first kappa shape index (κ1) is 45.4. The van der Waals surface area contributed by atoms with E-state index in [0.717, 1.165) is 5.56 Å². The van der Waals surface area contributed by atoms with E-state index in [0.29, 0.717) is 47.5 Å². The van der Waals surface area contributed by atoms with Crippen LogP contribution in [0.1, 0.15) is 57.5 Å². The van der Waals surface area contributed by atoms with Crippen molar-refractivity contribution in [1.82, 2.24) is 20.2 Å². The van der Waals surface area contributed by atoms with Crippen molar-refractivity contribution in [2.24, 2.45) is 11.7 Å². The second-order valence-electron chi connectivity index (χ2n) is 12.2. The highest BCUT2D eigenvalue weighted by Crippen LogP contribution is 2.26. The van der Waals surface area contributed by atoms with Crippen molar-refractivity contribution in [2.75, 3.05) is 17.6 Å². The van der Waals surface area contributed by atoms with Gasteiger partial charge in [-0.3, -0.25) is 24.9 Å². The van der Waals surface area contributed by atoms with E-state index in [1.165, 1.54) is 10.8 Å². The van der Waals surface area contributed by atoms with Gasteiger partial charge in [-0.2, -0.15) is 22.0 Å². The van der Waals surface area contributed by atoms with Gasteiger partial charge in [0, 0.05) is 42.9 Å². The van der Waals surface area contributed by atoms with Crippen molar-refractivity contribution in [3.05, 3.63) is 75.7 Å². The largest absolute Gasteiger partial charge is 0.490 e. The van der Waals surface area contributed by atoms with Crippen LogP contribution in [-0.2, 0) is 27.5 Å². The molecule has 53 heavy (non-hydrogen) atoms. The number of aliphatic hydroxyl groups is 1. The van der Waals surface area contributed by atoms with Crippen LogP contribution in [-0.4, -0.2) is 73.2 Å². The summed E-state index contributed by atoms with van der Waals surface area (Å²) in [4.78, 5) is 48.9. The van der Waals surface area contributed by atoms with Crippen molar-refractivity contribution in [1.29, 1.82) is 5.41 Å². The Morgan fingerprint density at radius 1 is 0.981 bits per heavy atom. The van der Waals surface area contributed by atoms with E-state index in [4.69, 9.17) is 31.9 Å². The molecule has 0 bridgehead atoms. The number of carboxylic acid groups (broad SMARTS) is 2. The SMILES string of the molecule is CC(C)CNC(O)c1cc(N)cc(-c2cnc(NC(C)C)c(=O)n2CC(=O)NCc2ccc(C(=N)N)cc2)c1.CC(F)(F)C(=O)O.O=C(O)C(F)(F)F. The number of hydrogen-bond acceptors (Lipinski definition) is 10. The normalized spacial score (nSPS) is 11.8. The lowest BCUT2D eigenvalue weighted by atomic mass is 10.0. The second kappa shape index (κ2) is 19.8. The number of aromatic nitrogens is 2. The number of carbonyl (C=O) groups is 3. The van der Waals surface area contributed by atoms with Gasteiger partial charge in [-0.1, -0.05) is 38.1 Å². The Labute approximate surface area is 300 Å². The number of carboxylic acids is 2. The first-order valence-electron chi connectivity index (χ1n) is 15.6. The lowest BCUT2D eigenvalue weighted by molar-refractivity contribution is -0.192. The highest BCUT2D eigenvalue weighted by Gasteiger charge is 2.38. The topological polar surface area (TPSA) is 259 Å². The summed E-state index contributed by atoms with van der Waals surface area (Å²) in [5, 5.41) is 41.7. The molecule has 1 heterocycles. The minimum Gasteiger partial charge on any atom is -0.477 e. The van der Waals surface area contributed by atoms with E-state index in [2.05, 4.69) is 20.9 Å². The maximum atomic E-state index is 13.4. The molecule has 2 aromatic carbocycles. The van der Waals surface area contributed by atoms with Crippen LogP contribution in [0.3, 0.4) is 0 Å². The molecule has 0 radical (unpaired) electrons. The quantitative estimate of drug-likeness (QED) is 0.0399. The Morgan fingerprint density at radius 2 is 1.53 bits per heavy atom. The predicted molar refractivity (Wildman–Crippen MR) is 186 cm³/mol. The molecule has 0 fully saturated rings. The van der Waals surface area contributed by atoms with Gasteiger partial charge in [-0.15, -0.1) is 0 Å². The number of nitrogens with one attached hydrogen (secondary N) is 4. The molecule has 0 aliphatic rings. The average molecular weight is 759 g/mol. The number of alkyl halides is 5. The molecule has 0 aliphatic carbocycles. The van der Waals surface area contributed by atoms with E-state index < -0.39 is 35.8 Å². The summed E-state index contributed by atoms with van der Waals surface area (Å²) < 4.78 is 55.6. The Kier molecular flexibility index (Phi) is 17.0. The monoisotopic (exact) mass is 758 g/mol. The van der Waals surface area contributed by atoms with Gasteiger partial charge in [0.1, 0.15) is 18.6 Å². The fourth-order valence-electron chi connectivity index (χ4n) is 3.90. The summed E-state index contributed by atoms with van der Waals surface area (Å²) in [6, 6.07) is 12.0. The maximum absolute atomic E-state index is 13.4. The lowest BCUT2D eigenvalue weighted by Gasteiger charge is -2.19. The minimum atomic E-state index is -5.08.